The van der Waals surface area contributed by atoms with E-state index in [0.29, 0.717) is 6.04 Å². The van der Waals surface area contributed by atoms with E-state index in [-0.39, 0.29) is 5.97 Å². The molecule has 0 bridgehead atoms. The second-order valence-electron chi connectivity index (χ2n) is 3.09. The Balaban J connectivity index is 0.000000217. The fraction of sp³-hybridized carbons (Fsp3) is 0.889. The van der Waals surface area contributed by atoms with Gasteiger partial charge in [0.05, 0.1) is 7.11 Å². The fourth-order valence-corrected chi connectivity index (χ4v) is 1.13. The van der Waals surface area contributed by atoms with Gasteiger partial charge >= 0.3 is 5.97 Å². The first-order chi connectivity index (χ1) is 5.66. The minimum atomic E-state index is -0.245. The molecule has 1 fully saturated rings. The molecule has 0 heterocycles. The highest BCUT2D eigenvalue weighted by atomic mass is 16.5. The Bertz CT molecular complexity index is 120. The Morgan fingerprint density at radius 1 is 1.33 bits per heavy atom. The zero-order valence-corrected chi connectivity index (χ0v) is 8.01. The number of hydrogen-bond acceptors (Lipinski definition) is 3. The van der Waals surface area contributed by atoms with Crippen molar-refractivity contribution in [2.24, 2.45) is 5.73 Å². The molecule has 1 aliphatic rings. The van der Waals surface area contributed by atoms with Crippen LogP contribution in [-0.2, 0) is 9.53 Å². The maximum Gasteiger partial charge on any atom is 0.302 e. The van der Waals surface area contributed by atoms with Gasteiger partial charge in [-0.05, 0) is 12.8 Å². The summed E-state index contributed by atoms with van der Waals surface area (Å²) in [5.41, 5.74) is 5.63. The summed E-state index contributed by atoms with van der Waals surface area (Å²) in [7, 11) is 1.35. The van der Waals surface area contributed by atoms with Gasteiger partial charge in [-0.3, -0.25) is 4.79 Å². The van der Waals surface area contributed by atoms with Gasteiger partial charge in [-0.2, -0.15) is 0 Å². The Labute approximate surface area is 74.3 Å². The molecule has 3 heteroatoms. The van der Waals surface area contributed by atoms with Gasteiger partial charge in [0.2, 0.25) is 0 Å². The van der Waals surface area contributed by atoms with Crippen molar-refractivity contribution in [3.05, 3.63) is 0 Å². The zero-order chi connectivity index (χ0) is 9.40. The highest BCUT2D eigenvalue weighted by Gasteiger charge is 2.06. The Morgan fingerprint density at radius 3 is 1.92 bits per heavy atom. The summed E-state index contributed by atoms with van der Waals surface area (Å²) in [6, 6.07) is 0.536. The van der Waals surface area contributed by atoms with Gasteiger partial charge in [0.15, 0.2) is 0 Å². The third-order valence-electron chi connectivity index (χ3n) is 1.94. The lowest BCUT2D eigenvalue weighted by Gasteiger charge is -2.15. The number of methoxy groups -OCH3 is 1. The van der Waals surface area contributed by atoms with E-state index < -0.39 is 0 Å². The van der Waals surface area contributed by atoms with Crippen LogP contribution in [0, 0.1) is 0 Å². The monoisotopic (exact) mass is 173 g/mol. The third kappa shape index (κ3) is 7.54. The highest BCUT2D eigenvalue weighted by Crippen LogP contribution is 2.14. The van der Waals surface area contributed by atoms with Crippen LogP contribution in [-0.4, -0.2) is 19.1 Å². The maximum absolute atomic E-state index is 9.59. The smallest absolute Gasteiger partial charge is 0.302 e. The topological polar surface area (TPSA) is 52.3 Å². The lowest BCUT2D eigenvalue weighted by atomic mass is 9.97. The maximum atomic E-state index is 9.59. The minimum Gasteiger partial charge on any atom is -0.469 e. The van der Waals surface area contributed by atoms with E-state index >= 15 is 0 Å². The lowest BCUT2D eigenvalue weighted by Crippen LogP contribution is -2.22. The van der Waals surface area contributed by atoms with Crippen LogP contribution in [0.1, 0.15) is 39.0 Å². The molecule has 0 spiro atoms. The normalized spacial score (nSPS) is 17.6. The molecule has 1 aliphatic carbocycles. The van der Waals surface area contributed by atoms with E-state index in [2.05, 4.69) is 4.74 Å². The van der Waals surface area contributed by atoms with Gasteiger partial charge in [-0.25, -0.2) is 0 Å². The van der Waals surface area contributed by atoms with Crippen molar-refractivity contribution in [2.45, 2.75) is 45.1 Å². The van der Waals surface area contributed by atoms with Gasteiger partial charge in [0.25, 0.3) is 0 Å². The van der Waals surface area contributed by atoms with Crippen LogP contribution in [0.3, 0.4) is 0 Å². The van der Waals surface area contributed by atoms with Crippen LogP contribution in [0.5, 0.6) is 0 Å². The molecule has 0 aromatic rings. The SMILES string of the molecule is COC(C)=O.NC1CCCCC1. The van der Waals surface area contributed by atoms with Gasteiger partial charge in [-0.15, -0.1) is 0 Å². The number of carbonyl (C=O) groups excluding carboxylic acids is 1. The van der Waals surface area contributed by atoms with Crippen molar-refractivity contribution in [3.63, 3.8) is 0 Å². The standard InChI is InChI=1S/C6H13N.C3H6O2/c7-6-4-2-1-3-5-6;1-3(4)5-2/h6H,1-5,7H2;1-2H3. The van der Waals surface area contributed by atoms with E-state index in [1.54, 1.807) is 0 Å². The molecule has 0 amide bonds. The summed E-state index contributed by atoms with van der Waals surface area (Å²) in [5, 5.41) is 0. The van der Waals surface area contributed by atoms with E-state index in [1.807, 2.05) is 0 Å². The molecule has 0 aromatic carbocycles. The van der Waals surface area contributed by atoms with Crippen molar-refractivity contribution < 1.29 is 9.53 Å². The predicted molar refractivity (Wildman–Crippen MR) is 48.8 cm³/mol. The van der Waals surface area contributed by atoms with Crippen LogP contribution in [0.2, 0.25) is 0 Å². The number of hydrogen-bond donors (Lipinski definition) is 1. The summed E-state index contributed by atoms with van der Waals surface area (Å²) in [6.45, 7) is 1.36. The first-order valence-corrected chi connectivity index (χ1v) is 4.47. The van der Waals surface area contributed by atoms with E-state index in [0.717, 1.165) is 0 Å². The molecule has 0 saturated heterocycles. The Kier molecular flexibility index (Phi) is 6.76. The van der Waals surface area contributed by atoms with Crippen molar-refractivity contribution >= 4 is 5.97 Å². The van der Waals surface area contributed by atoms with Crippen LogP contribution in [0.4, 0.5) is 0 Å². The summed E-state index contributed by atoms with van der Waals surface area (Å²) in [4.78, 5) is 9.59. The molecule has 0 atom stereocenters. The largest absolute Gasteiger partial charge is 0.469 e. The highest BCUT2D eigenvalue weighted by molar-refractivity contribution is 5.65. The van der Waals surface area contributed by atoms with Crippen LogP contribution >= 0.6 is 0 Å². The second kappa shape index (κ2) is 7.10. The quantitative estimate of drug-likeness (QED) is 0.564. The van der Waals surface area contributed by atoms with Crippen LogP contribution < -0.4 is 5.73 Å². The predicted octanol–water partition coefficient (Wildman–Crippen LogP) is 1.46. The molecule has 0 aromatic heterocycles. The van der Waals surface area contributed by atoms with Gasteiger partial charge < -0.3 is 10.5 Å². The molecular weight excluding hydrogens is 154 g/mol. The molecule has 3 nitrogen and oxygen atoms in total. The molecule has 0 radical (unpaired) electrons. The van der Waals surface area contributed by atoms with Crippen LogP contribution in [0.15, 0.2) is 0 Å². The molecule has 72 valence electrons. The van der Waals surface area contributed by atoms with Gasteiger partial charge in [0, 0.05) is 13.0 Å². The summed E-state index contributed by atoms with van der Waals surface area (Å²) >= 11 is 0. The molecular formula is C9H19NO2. The minimum absolute atomic E-state index is 0.245. The molecule has 1 rings (SSSR count). The number of esters is 1. The zero-order valence-electron chi connectivity index (χ0n) is 8.01. The molecule has 2 N–H and O–H groups in total. The number of nitrogens with two attached hydrogens (primary N) is 1. The van der Waals surface area contributed by atoms with Crippen molar-refractivity contribution in [1.82, 2.24) is 0 Å². The lowest BCUT2D eigenvalue weighted by molar-refractivity contribution is -0.137. The second-order valence-corrected chi connectivity index (χ2v) is 3.09. The Hall–Kier alpha value is -0.570. The number of carbonyl (C=O) groups is 1. The summed E-state index contributed by atoms with van der Waals surface area (Å²) in [5.74, 6) is -0.245. The fourth-order valence-electron chi connectivity index (χ4n) is 1.13. The molecule has 1 saturated carbocycles. The first-order valence-electron chi connectivity index (χ1n) is 4.47. The van der Waals surface area contributed by atoms with Gasteiger partial charge in [-0.1, -0.05) is 19.3 Å². The van der Waals surface area contributed by atoms with Gasteiger partial charge in [0.1, 0.15) is 0 Å². The molecule has 0 unspecified atom stereocenters. The average Bonchev–Trinajstić information content (AvgIpc) is 2.07. The Morgan fingerprint density at radius 2 is 1.75 bits per heavy atom. The van der Waals surface area contributed by atoms with E-state index in [4.69, 9.17) is 5.73 Å². The number of ether oxygens (including phenoxy) is 1. The third-order valence-corrected chi connectivity index (χ3v) is 1.94. The van der Waals surface area contributed by atoms with Crippen LogP contribution in [0.25, 0.3) is 0 Å². The van der Waals surface area contributed by atoms with E-state index in [9.17, 15) is 4.79 Å². The number of rotatable bonds is 0. The average molecular weight is 173 g/mol. The van der Waals surface area contributed by atoms with Crippen molar-refractivity contribution in [2.75, 3.05) is 7.11 Å². The van der Waals surface area contributed by atoms with E-state index in [1.165, 1.54) is 46.1 Å². The van der Waals surface area contributed by atoms with Crippen molar-refractivity contribution in [3.8, 4) is 0 Å². The molecule has 0 aliphatic heterocycles. The van der Waals surface area contributed by atoms with Crippen molar-refractivity contribution in [1.29, 1.82) is 0 Å². The molecule has 12 heavy (non-hydrogen) atoms. The summed E-state index contributed by atoms with van der Waals surface area (Å²) in [6.07, 6.45) is 6.66. The first kappa shape index (κ1) is 11.4. The summed E-state index contributed by atoms with van der Waals surface area (Å²) < 4.78 is 4.11.